The molecular formula is C62H78N12O7S. The number of aromatic nitrogens is 5. The van der Waals surface area contributed by atoms with Crippen molar-refractivity contribution in [2.45, 2.75) is 146 Å². The quantitative estimate of drug-likeness (QED) is 0.0634. The summed E-state index contributed by atoms with van der Waals surface area (Å²) in [5, 5.41) is 37.6. The molecule has 19 nitrogen and oxygen atoms in total. The topological polar surface area (TPSA) is 225 Å². The van der Waals surface area contributed by atoms with Gasteiger partial charge in [0.15, 0.2) is 17.4 Å². The van der Waals surface area contributed by atoms with E-state index in [2.05, 4.69) is 74.5 Å². The second-order valence-corrected chi connectivity index (χ2v) is 24.9. The van der Waals surface area contributed by atoms with Crippen LogP contribution < -0.4 is 30.5 Å². The molecular weight excluding hydrogens is 1060 g/mol. The molecule has 5 saturated heterocycles. The molecule has 5 aliphatic heterocycles. The SMILES string of the molecule is CC[C@H](NC(=O)[C@@H]1C[C@@H](O)CN1C(=O)[C@@H](c1cc(N2CCC(CN3CCC(O[C@H]4C[C@H](Oc5cc(N6C7CCC6CN(c6cc(-c8ccccc8O)nnc6N)C7)ccn5)C4)CC3)CC2)no1)C(C)C)c1ccc(-c2scnc2C)cc1. The van der Waals surface area contributed by atoms with Crippen molar-refractivity contribution in [2.24, 2.45) is 11.8 Å². The Labute approximate surface area is 484 Å². The summed E-state index contributed by atoms with van der Waals surface area (Å²) in [6.45, 7) is 14.6. The fourth-order valence-corrected chi connectivity index (χ4v) is 14.5. The van der Waals surface area contributed by atoms with Gasteiger partial charge in [0.1, 0.15) is 23.8 Å². The number of anilines is 4. The van der Waals surface area contributed by atoms with Gasteiger partial charge in [-0.1, -0.05) is 62.3 Å². The number of nitrogens with one attached hydrogen (secondary N) is 1. The predicted molar refractivity (Wildman–Crippen MR) is 316 cm³/mol. The Morgan fingerprint density at radius 2 is 1.61 bits per heavy atom. The first-order chi connectivity index (χ1) is 39.8. The number of likely N-dealkylation sites (tertiary alicyclic amines) is 2. The molecule has 6 aliphatic rings. The van der Waals surface area contributed by atoms with Crippen LogP contribution >= 0.6 is 11.3 Å². The van der Waals surface area contributed by atoms with Gasteiger partial charge < -0.3 is 59.8 Å². The highest BCUT2D eigenvalue weighted by atomic mass is 32.1. The molecule has 82 heavy (non-hydrogen) atoms. The number of nitrogens with two attached hydrogens (primary N) is 1. The molecule has 6 atom stereocenters. The summed E-state index contributed by atoms with van der Waals surface area (Å²) in [5.41, 5.74) is 14.5. The van der Waals surface area contributed by atoms with E-state index in [9.17, 15) is 19.8 Å². The van der Waals surface area contributed by atoms with E-state index in [0.29, 0.717) is 53.1 Å². The lowest BCUT2D eigenvalue weighted by Crippen LogP contribution is -2.54. The number of aromatic hydroxyl groups is 1. The van der Waals surface area contributed by atoms with Crippen LogP contribution in [0.2, 0.25) is 0 Å². The Morgan fingerprint density at radius 1 is 0.854 bits per heavy atom. The zero-order valence-electron chi connectivity index (χ0n) is 47.6. The number of benzene rings is 2. The number of phenolic OH excluding ortho intramolecular Hbond substituents is 1. The molecule has 2 unspecified atom stereocenters. The van der Waals surface area contributed by atoms with Crippen molar-refractivity contribution in [1.82, 2.24) is 40.4 Å². The van der Waals surface area contributed by atoms with Crippen LogP contribution in [0, 0.1) is 18.8 Å². The molecule has 1 saturated carbocycles. The number of hydrogen-bond acceptors (Lipinski definition) is 18. The smallest absolute Gasteiger partial charge is 0.243 e. The number of amides is 2. The number of hydrogen-bond donors (Lipinski definition) is 4. The third kappa shape index (κ3) is 11.9. The zero-order chi connectivity index (χ0) is 56.6. The molecule has 434 valence electrons. The lowest BCUT2D eigenvalue weighted by molar-refractivity contribution is -0.141. The Balaban J connectivity index is 0.567. The van der Waals surface area contributed by atoms with Gasteiger partial charge in [0.05, 0.1) is 51.8 Å². The maximum absolute atomic E-state index is 14.5. The van der Waals surface area contributed by atoms with Gasteiger partial charge in [0.2, 0.25) is 17.7 Å². The minimum absolute atomic E-state index is 0.0859. The number of β-amino-alcohol motifs (C(OH)–C–C–N with tert-alkyl or cyclic N) is 1. The van der Waals surface area contributed by atoms with Gasteiger partial charge in [0, 0.05) is 113 Å². The number of aliphatic hydroxyl groups is 1. The van der Waals surface area contributed by atoms with E-state index < -0.39 is 18.1 Å². The number of carbonyl (C=O) groups is 2. The zero-order valence-corrected chi connectivity index (χ0v) is 48.4. The van der Waals surface area contributed by atoms with E-state index >= 15 is 0 Å². The van der Waals surface area contributed by atoms with E-state index in [1.807, 2.05) is 75.8 Å². The van der Waals surface area contributed by atoms with E-state index in [-0.39, 0.29) is 60.8 Å². The summed E-state index contributed by atoms with van der Waals surface area (Å²) in [6, 6.07) is 23.0. The van der Waals surface area contributed by atoms with Crippen LogP contribution in [-0.4, -0.2) is 152 Å². The minimum Gasteiger partial charge on any atom is -0.507 e. The number of thiazole rings is 1. The summed E-state index contributed by atoms with van der Waals surface area (Å²) in [4.78, 5) is 49.9. The van der Waals surface area contributed by atoms with Crippen molar-refractivity contribution in [3.8, 4) is 33.3 Å². The maximum atomic E-state index is 14.5. The number of nitrogens with zero attached hydrogens (tertiary/aromatic N) is 10. The lowest BCUT2D eigenvalue weighted by atomic mass is 9.91. The molecule has 0 radical (unpaired) electrons. The lowest BCUT2D eigenvalue weighted by Gasteiger charge is -2.43. The number of pyridine rings is 1. The van der Waals surface area contributed by atoms with Gasteiger partial charge in [-0.05, 0) is 99.1 Å². The van der Waals surface area contributed by atoms with Crippen molar-refractivity contribution in [3.63, 3.8) is 0 Å². The number of piperazine rings is 1. The number of nitrogen functional groups attached to an aromatic ring is 1. The number of aryl methyl sites for hydroxylation is 1. The molecule has 2 aromatic carbocycles. The van der Waals surface area contributed by atoms with E-state index in [0.717, 1.165) is 136 Å². The standard InChI is InChI=1S/C62H78N12O7S/c1-5-50(40-10-12-41(13-11-40)59-38(4)65-36-82-59)66-61(77)53-27-45(75)35-73(53)62(78)58(37(2)3)55-31-56(69-81-55)71-24-17-39(18-25-71)32-70-22-19-46(20-23-70)79-47-28-48(29-47)80-57-26-42(16-21-64-57)74-43-14-15-44(74)34-72(33-43)52-30-51(67-68-60(52)63)49-8-6-7-9-54(49)76/h6-13,16,21,26,30-31,36-37,39,43-48,50,53,58,75-76H,5,14-15,17-20,22-25,27-29,32-35H2,1-4H3,(H2,63,68)(H,66,77)/t43?,44?,45-,47-,48-,50+,53+,58-/m1/s1. The second kappa shape index (κ2) is 24.1. The first-order valence-corrected chi connectivity index (χ1v) is 30.7. The molecule has 0 spiro atoms. The van der Waals surface area contributed by atoms with Gasteiger partial charge in [0.25, 0.3) is 0 Å². The molecule has 9 heterocycles. The Bertz CT molecular complexity index is 3160. The minimum atomic E-state index is -0.803. The van der Waals surface area contributed by atoms with Crippen LogP contribution in [0.5, 0.6) is 11.6 Å². The summed E-state index contributed by atoms with van der Waals surface area (Å²) in [5.74, 6) is 1.74. The summed E-state index contributed by atoms with van der Waals surface area (Å²) >= 11 is 1.61. The van der Waals surface area contributed by atoms with Crippen LogP contribution in [0.4, 0.5) is 23.0 Å². The molecule has 6 aromatic rings. The van der Waals surface area contributed by atoms with Crippen LogP contribution in [0.25, 0.3) is 21.7 Å². The molecule has 1 aliphatic carbocycles. The molecule has 20 heteroatoms. The number of ether oxygens (including phenoxy) is 2. The summed E-state index contributed by atoms with van der Waals surface area (Å²) < 4.78 is 19.1. The monoisotopic (exact) mass is 1130 g/mol. The number of aliphatic hydroxyl groups excluding tert-OH is 1. The van der Waals surface area contributed by atoms with Crippen LogP contribution in [-0.2, 0) is 14.3 Å². The van der Waals surface area contributed by atoms with Crippen molar-refractivity contribution < 1.29 is 33.8 Å². The molecule has 12 rings (SSSR count). The van der Waals surface area contributed by atoms with Crippen LogP contribution in [0.15, 0.2) is 89.0 Å². The van der Waals surface area contributed by atoms with Crippen LogP contribution in [0.3, 0.4) is 0 Å². The Morgan fingerprint density at radius 3 is 2.32 bits per heavy atom. The molecule has 5 N–H and O–H groups in total. The van der Waals surface area contributed by atoms with E-state index in [1.54, 1.807) is 28.4 Å². The summed E-state index contributed by atoms with van der Waals surface area (Å²) in [6.07, 6.45) is 10.5. The number of phenols is 1. The number of piperidine rings is 2. The highest BCUT2D eigenvalue weighted by Gasteiger charge is 2.45. The van der Waals surface area contributed by atoms with E-state index in [1.165, 1.54) is 0 Å². The third-order valence-corrected chi connectivity index (χ3v) is 19.2. The number of para-hydroxylation sites is 1. The first kappa shape index (κ1) is 55.7. The normalized spacial score (nSPS) is 24.2. The van der Waals surface area contributed by atoms with E-state index in [4.69, 9.17) is 19.7 Å². The van der Waals surface area contributed by atoms with Crippen molar-refractivity contribution >= 4 is 46.2 Å². The number of rotatable bonds is 18. The van der Waals surface area contributed by atoms with Crippen LogP contribution in [0.1, 0.15) is 114 Å². The summed E-state index contributed by atoms with van der Waals surface area (Å²) in [7, 11) is 0. The molecule has 4 aromatic heterocycles. The Hall–Kier alpha value is -6.87. The van der Waals surface area contributed by atoms with Gasteiger partial charge in [-0.15, -0.1) is 21.5 Å². The number of fused-ring (bicyclic) bond motifs is 2. The van der Waals surface area contributed by atoms with Gasteiger partial charge in [-0.2, -0.15) is 0 Å². The second-order valence-electron chi connectivity index (χ2n) is 24.0. The predicted octanol–water partition coefficient (Wildman–Crippen LogP) is 8.38. The average molecular weight is 1140 g/mol. The highest BCUT2D eigenvalue weighted by Crippen LogP contribution is 2.41. The van der Waals surface area contributed by atoms with Crippen molar-refractivity contribution in [3.05, 3.63) is 102 Å². The number of carbonyl (C=O) groups excluding carboxylic acids is 2. The molecule has 2 amide bonds. The molecule has 6 fully saturated rings. The van der Waals surface area contributed by atoms with Gasteiger partial charge in [-0.25, -0.2) is 9.97 Å². The molecule has 2 bridgehead atoms. The average Bonchev–Trinajstić information content (AvgIpc) is 4.40. The highest BCUT2D eigenvalue weighted by molar-refractivity contribution is 7.13. The fraction of sp³-hybridized carbons (Fsp3) is 0.532. The van der Waals surface area contributed by atoms with Gasteiger partial charge in [-0.3, -0.25) is 9.59 Å². The third-order valence-electron chi connectivity index (χ3n) is 18.2. The Kier molecular flexibility index (Phi) is 16.4. The largest absolute Gasteiger partial charge is 0.507 e. The van der Waals surface area contributed by atoms with Crippen molar-refractivity contribution in [2.75, 3.05) is 72.8 Å². The fourth-order valence-electron chi connectivity index (χ4n) is 13.6. The van der Waals surface area contributed by atoms with Crippen molar-refractivity contribution in [1.29, 1.82) is 0 Å². The maximum Gasteiger partial charge on any atom is 0.243 e. The van der Waals surface area contributed by atoms with Gasteiger partial charge >= 0.3 is 0 Å². The first-order valence-electron chi connectivity index (χ1n) is 29.8.